The van der Waals surface area contributed by atoms with Crippen molar-refractivity contribution in [3.63, 3.8) is 0 Å². The highest BCUT2D eigenvalue weighted by Gasteiger charge is 2.25. The molecule has 0 radical (unpaired) electrons. The first-order valence-corrected chi connectivity index (χ1v) is 4.86. The van der Waals surface area contributed by atoms with Crippen molar-refractivity contribution >= 4 is 17.9 Å². The number of benzene rings is 1. The van der Waals surface area contributed by atoms with E-state index in [1.54, 1.807) is 30.3 Å². The van der Waals surface area contributed by atoms with Crippen molar-refractivity contribution in [1.29, 1.82) is 0 Å². The van der Waals surface area contributed by atoms with Crippen LogP contribution in [-0.4, -0.2) is 38.5 Å². The monoisotopic (exact) mass is 238 g/mol. The van der Waals surface area contributed by atoms with E-state index in [4.69, 9.17) is 0 Å². The minimum absolute atomic E-state index is 0.507. The summed E-state index contributed by atoms with van der Waals surface area (Å²) in [5, 5.41) is 2.10. The van der Waals surface area contributed by atoms with Crippen molar-refractivity contribution in [3.8, 4) is 0 Å². The molecule has 0 saturated carbocycles. The predicted octanol–water partition coefficient (Wildman–Crippen LogP) is 1.87. The van der Waals surface area contributed by atoms with E-state index < -0.39 is 12.2 Å². The molecule has 0 heterocycles. The quantitative estimate of drug-likeness (QED) is 0.701. The molecule has 0 bridgehead atoms. The van der Waals surface area contributed by atoms with E-state index in [9.17, 15) is 9.59 Å². The number of anilines is 1. The van der Waals surface area contributed by atoms with Crippen LogP contribution in [-0.2, 0) is 9.47 Å². The number of carbonyl (C=O) groups is 2. The summed E-state index contributed by atoms with van der Waals surface area (Å²) in [7, 11) is 3.89. The van der Waals surface area contributed by atoms with Crippen LogP contribution in [0.3, 0.4) is 0 Å². The van der Waals surface area contributed by atoms with Gasteiger partial charge in [-0.3, -0.25) is 0 Å². The fourth-order valence-electron chi connectivity index (χ4n) is 1.27. The van der Waals surface area contributed by atoms with Crippen LogP contribution in [0.5, 0.6) is 0 Å². The molecule has 0 N–H and O–H groups in total. The van der Waals surface area contributed by atoms with Crippen LogP contribution in [0, 0.1) is 0 Å². The third-order valence-electron chi connectivity index (χ3n) is 2.09. The van der Waals surface area contributed by atoms with E-state index in [1.165, 1.54) is 21.3 Å². The van der Waals surface area contributed by atoms with E-state index in [0.29, 0.717) is 5.69 Å². The summed E-state index contributed by atoms with van der Waals surface area (Å²) in [5.74, 6) is 0. The van der Waals surface area contributed by atoms with Gasteiger partial charge in [-0.05, 0) is 12.1 Å². The lowest BCUT2D eigenvalue weighted by atomic mass is 10.3. The van der Waals surface area contributed by atoms with Gasteiger partial charge in [-0.25, -0.2) is 14.6 Å². The minimum Gasteiger partial charge on any atom is -0.452 e. The Bertz CT molecular complexity index is 394. The zero-order chi connectivity index (χ0) is 12.8. The third-order valence-corrected chi connectivity index (χ3v) is 2.09. The number of rotatable bonds is 1. The second-order valence-electron chi connectivity index (χ2n) is 3.11. The Labute approximate surface area is 99.3 Å². The largest absolute Gasteiger partial charge is 0.452 e. The molecule has 92 valence electrons. The van der Waals surface area contributed by atoms with Crippen molar-refractivity contribution in [2.75, 3.05) is 26.3 Å². The molecule has 0 fully saturated rings. The standard InChI is InChI=1S/C11H14N2O4/c1-12(10(14)16-2)13(11(15)17-3)9-7-5-4-6-8-9/h4-8H,1-3H3. The highest BCUT2D eigenvalue weighted by Crippen LogP contribution is 2.16. The van der Waals surface area contributed by atoms with Crippen LogP contribution in [0.2, 0.25) is 0 Å². The number of para-hydroxylation sites is 1. The van der Waals surface area contributed by atoms with E-state index >= 15 is 0 Å². The molecule has 0 aliphatic carbocycles. The Balaban J connectivity index is 3.05. The first-order valence-electron chi connectivity index (χ1n) is 4.86. The average molecular weight is 238 g/mol. The lowest BCUT2D eigenvalue weighted by Gasteiger charge is -2.29. The Morgan fingerprint density at radius 3 is 2.00 bits per heavy atom. The van der Waals surface area contributed by atoms with E-state index in [1.807, 2.05) is 0 Å². The van der Waals surface area contributed by atoms with Gasteiger partial charge >= 0.3 is 12.2 Å². The molecule has 0 atom stereocenters. The van der Waals surface area contributed by atoms with Crippen LogP contribution in [0.4, 0.5) is 15.3 Å². The van der Waals surface area contributed by atoms with Crippen LogP contribution in [0.25, 0.3) is 0 Å². The third kappa shape index (κ3) is 2.87. The second kappa shape index (κ2) is 5.74. The van der Waals surface area contributed by atoms with Gasteiger partial charge in [0.05, 0.1) is 19.9 Å². The van der Waals surface area contributed by atoms with Gasteiger partial charge < -0.3 is 9.47 Å². The number of methoxy groups -OCH3 is 2. The maximum atomic E-state index is 11.6. The van der Waals surface area contributed by atoms with Gasteiger partial charge in [0, 0.05) is 7.05 Å². The number of nitrogens with zero attached hydrogens (tertiary/aromatic N) is 2. The fourth-order valence-corrected chi connectivity index (χ4v) is 1.27. The average Bonchev–Trinajstić information content (AvgIpc) is 2.38. The van der Waals surface area contributed by atoms with Gasteiger partial charge in [0.15, 0.2) is 0 Å². The van der Waals surface area contributed by atoms with Gasteiger partial charge in [-0.15, -0.1) is 0 Å². The summed E-state index contributed by atoms with van der Waals surface area (Å²) in [4.78, 5) is 23.0. The van der Waals surface area contributed by atoms with Gasteiger partial charge in [0.25, 0.3) is 0 Å². The Hall–Kier alpha value is -2.24. The van der Waals surface area contributed by atoms with Crippen molar-refractivity contribution in [2.24, 2.45) is 0 Å². The predicted molar refractivity (Wildman–Crippen MR) is 61.5 cm³/mol. The molecule has 0 aliphatic heterocycles. The van der Waals surface area contributed by atoms with Crippen LogP contribution in [0.15, 0.2) is 30.3 Å². The Kier molecular flexibility index (Phi) is 4.33. The first kappa shape index (κ1) is 12.8. The van der Waals surface area contributed by atoms with Gasteiger partial charge in [-0.1, -0.05) is 18.2 Å². The lowest BCUT2D eigenvalue weighted by molar-refractivity contribution is 0.118. The molecule has 1 rings (SSSR count). The molecular formula is C11H14N2O4. The molecule has 1 aromatic carbocycles. The molecule has 6 nitrogen and oxygen atoms in total. The number of hydrogen-bond donors (Lipinski definition) is 0. The van der Waals surface area contributed by atoms with Gasteiger partial charge in [0.1, 0.15) is 0 Å². The zero-order valence-electron chi connectivity index (χ0n) is 9.91. The summed E-state index contributed by atoms with van der Waals surface area (Å²) in [6.07, 6.45) is -1.34. The molecule has 0 unspecified atom stereocenters. The molecular weight excluding hydrogens is 224 g/mol. The number of hydrogen-bond acceptors (Lipinski definition) is 4. The Morgan fingerprint density at radius 1 is 1.00 bits per heavy atom. The minimum atomic E-state index is -0.677. The smallest absolute Gasteiger partial charge is 0.433 e. The normalized spacial score (nSPS) is 9.35. The van der Waals surface area contributed by atoms with E-state index in [2.05, 4.69) is 9.47 Å². The maximum absolute atomic E-state index is 11.6. The molecule has 0 spiro atoms. The fraction of sp³-hybridized carbons (Fsp3) is 0.273. The van der Waals surface area contributed by atoms with Crippen molar-refractivity contribution in [3.05, 3.63) is 30.3 Å². The van der Waals surface area contributed by atoms with Crippen LogP contribution < -0.4 is 5.01 Å². The maximum Gasteiger partial charge on any atom is 0.433 e. The summed E-state index contributed by atoms with van der Waals surface area (Å²) >= 11 is 0. The molecule has 6 heteroatoms. The van der Waals surface area contributed by atoms with Gasteiger partial charge in [0.2, 0.25) is 0 Å². The molecule has 1 aromatic rings. The number of hydrazine groups is 1. The lowest BCUT2D eigenvalue weighted by Crippen LogP contribution is -2.47. The molecule has 2 amide bonds. The molecule has 17 heavy (non-hydrogen) atoms. The Morgan fingerprint density at radius 2 is 1.53 bits per heavy atom. The van der Waals surface area contributed by atoms with E-state index in [0.717, 1.165) is 10.0 Å². The number of amides is 2. The highest BCUT2D eigenvalue weighted by atomic mass is 16.6. The first-order chi connectivity index (χ1) is 8.11. The zero-order valence-corrected chi connectivity index (χ0v) is 9.91. The number of carbonyl (C=O) groups excluding carboxylic acids is 2. The molecule has 0 saturated heterocycles. The van der Waals surface area contributed by atoms with Crippen molar-refractivity contribution < 1.29 is 19.1 Å². The summed E-state index contributed by atoms with van der Waals surface area (Å²) in [6, 6.07) is 8.65. The number of ether oxygens (including phenoxy) is 2. The van der Waals surface area contributed by atoms with Crippen LogP contribution >= 0.6 is 0 Å². The summed E-state index contributed by atoms with van der Waals surface area (Å²) < 4.78 is 9.17. The SMILES string of the molecule is COC(=O)N(C)N(C(=O)OC)c1ccccc1. The molecule has 0 aliphatic rings. The van der Waals surface area contributed by atoms with Crippen molar-refractivity contribution in [1.82, 2.24) is 5.01 Å². The highest BCUT2D eigenvalue weighted by molar-refractivity contribution is 5.90. The molecule has 0 aromatic heterocycles. The topological polar surface area (TPSA) is 59.1 Å². The summed E-state index contributed by atoms with van der Waals surface area (Å²) in [6.45, 7) is 0. The second-order valence-corrected chi connectivity index (χ2v) is 3.11. The summed E-state index contributed by atoms with van der Waals surface area (Å²) in [5.41, 5.74) is 0.507. The van der Waals surface area contributed by atoms with Crippen LogP contribution in [0.1, 0.15) is 0 Å². The van der Waals surface area contributed by atoms with Crippen molar-refractivity contribution in [2.45, 2.75) is 0 Å². The van der Waals surface area contributed by atoms with E-state index in [-0.39, 0.29) is 0 Å². The van der Waals surface area contributed by atoms with Gasteiger partial charge in [-0.2, -0.15) is 5.01 Å².